The zero-order valence-electron chi connectivity index (χ0n) is 19.5. The van der Waals surface area contributed by atoms with Gasteiger partial charge in [-0.2, -0.15) is 0 Å². The third-order valence-electron chi connectivity index (χ3n) is 5.99. The number of amides is 1. The molecule has 12 heteroatoms. The Labute approximate surface area is 202 Å². The number of pyridine rings is 1. The summed E-state index contributed by atoms with van der Waals surface area (Å²) in [6, 6.07) is 3.94. The fourth-order valence-corrected chi connectivity index (χ4v) is 5.16. The summed E-state index contributed by atoms with van der Waals surface area (Å²) in [6.07, 6.45) is 4.74. The summed E-state index contributed by atoms with van der Waals surface area (Å²) in [5.74, 6) is -1.44. The predicted octanol–water partition coefficient (Wildman–Crippen LogP) is 3.00. The van der Waals surface area contributed by atoms with Crippen molar-refractivity contribution in [2.24, 2.45) is 0 Å². The number of hydrogen-bond donors (Lipinski definition) is 2. The van der Waals surface area contributed by atoms with Gasteiger partial charge in [0.1, 0.15) is 17.0 Å². The Morgan fingerprint density at radius 2 is 1.89 bits per heavy atom. The highest BCUT2D eigenvalue weighted by molar-refractivity contribution is 7.88. The van der Waals surface area contributed by atoms with Crippen molar-refractivity contribution in [3.63, 3.8) is 0 Å². The van der Waals surface area contributed by atoms with Crippen LogP contribution < -0.4 is 10.6 Å². The van der Waals surface area contributed by atoms with E-state index in [1.807, 2.05) is 0 Å². The molecule has 0 bridgehead atoms. The van der Waals surface area contributed by atoms with Gasteiger partial charge < -0.3 is 10.6 Å². The molecule has 1 unspecified atom stereocenters. The van der Waals surface area contributed by atoms with E-state index in [9.17, 15) is 22.0 Å². The highest BCUT2D eigenvalue weighted by atomic mass is 32.2. The summed E-state index contributed by atoms with van der Waals surface area (Å²) >= 11 is 0. The number of sulfonamides is 1. The van der Waals surface area contributed by atoms with Crippen molar-refractivity contribution in [3.8, 4) is 11.3 Å². The zero-order valence-corrected chi connectivity index (χ0v) is 20.4. The Morgan fingerprint density at radius 3 is 2.54 bits per heavy atom. The number of hydrogen-bond acceptors (Lipinski definition) is 7. The molecule has 4 rings (SSSR count). The first-order chi connectivity index (χ1) is 16.5. The molecule has 2 N–H and O–H groups in total. The number of nitrogens with one attached hydrogen (secondary N) is 2. The highest BCUT2D eigenvalue weighted by Crippen LogP contribution is 2.31. The van der Waals surface area contributed by atoms with E-state index in [4.69, 9.17) is 0 Å². The fourth-order valence-electron chi connectivity index (χ4n) is 4.28. The first-order valence-electron chi connectivity index (χ1n) is 11.1. The van der Waals surface area contributed by atoms with Crippen molar-refractivity contribution >= 4 is 32.8 Å². The molecule has 2 aromatic heterocycles. The molecule has 3 heterocycles. The Hall–Kier alpha value is -3.25. The summed E-state index contributed by atoms with van der Waals surface area (Å²) in [7, 11) is -3.25. The molecule has 0 radical (unpaired) electrons. The van der Waals surface area contributed by atoms with Crippen molar-refractivity contribution < 1.29 is 22.0 Å². The second-order valence-electron chi connectivity index (χ2n) is 8.65. The minimum Gasteiger partial charge on any atom is -0.351 e. The second kappa shape index (κ2) is 9.78. The summed E-state index contributed by atoms with van der Waals surface area (Å²) in [5.41, 5.74) is 0.860. The van der Waals surface area contributed by atoms with Gasteiger partial charge in [0.25, 0.3) is 0 Å². The van der Waals surface area contributed by atoms with Crippen molar-refractivity contribution in [2.75, 3.05) is 24.7 Å². The fraction of sp³-hybridized carbons (Fsp3) is 0.391. The summed E-state index contributed by atoms with van der Waals surface area (Å²) < 4.78 is 54.6. The van der Waals surface area contributed by atoms with Crippen molar-refractivity contribution in [1.29, 1.82) is 0 Å². The van der Waals surface area contributed by atoms with Gasteiger partial charge in [0.05, 0.1) is 18.5 Å². The lowest BCUT2D eigenvalue weighted by Crippen LogP contribution is -2.42. The lowest BCUT2D eigenvalue weighted by molar-refractivity contribution is -0.119. The largest absolute Gasteiger partial charge is 0.351 e. The van der Waals surface area contributed by atoms with E-state index in [0.717, 1.165) is 6.20 Å². The van der Waals surface area contributed by atoms with Gasteiger partial charge in [-0.15, -0.1) is 0 Å². The van der Waals surface area contributed by atoms with Gasteiger partial charge in [0.2, 0.25) is 21.9 Å². The molecule has 9 nitrogen and oxygen atoms in total. The van der Waals surface area contributed by atoms with Gasteiger partial charge in [-0.05, 0) is 43.5 Å². The molecule has 35 heavy (non-hydrogen) atoms. The lowest BCUT2D eigenvalue weighted by atomic mass is 9.99. The summed E-state index contributed by atoms with van der Waals surface area (Å²) in [4.78, 5) is 23.9. The lowest BCUT2D eigenvalue weighted by Gasteiger charge is -2.30. The van der Waals surface area contributed by atoms with Gasteiger partial charge in [-0.1, -0.05) is 0 Å². The number of carbonyl (C=O) groups excluding carboxylic acids is 1. The zero-order chi connectivity index (χ0) is 25.3. The number of fused-ring (bicyclic) bond motifs is 1. The number of halogens is 2. The Balaban J connectivity index is 1.65. The van der Waals surface area contributed by atoms with Gasteiger partial charge in [0.15, 0.2) is 5.82 Å². The van der Waals surface area contributed by atoms with Crippen LogP contribution in [0.2, 0.25) is 0 Å². The van der Waals surface area contributed by atoms with Crippen molar-refractivity contribution in [1.82, 2.24) is 24.6 Å². The maximum Gasteiger partial charge on any atom is 0.223 e. The molecule has 0 spiro atoms. The monoisotopic (exact) mass is 504 g/mol. The number of aromatic nitrogens is 3. The van der Waals surface area contributed by atoms with Crippen LogP contribution in [0.25, 0.3) is 22.2 Å². The van der Waals surface area contributed by atoms with Crippen LogP contribution in [0.5, 0.6) is 0 Å². The molecular formula is C23H26F2N6O3S. The van der Waals surface area contributed by atoms with Gasteiger partial charge in [0, 0.05) is 43.2 Å². The number of benzene rings is 1. The quantitative estimate of drug-likeness (QED) is 0.530. The molecule has 1 aromatic carbocycles. The van der Waals surface area contributed by atoms with E-state index in [1.165, 1.54) is 29.7 Å². The highest BCUT2D eigenvalue weighted by Gasteiger charge is 2.25. The first-order valence-corrected chi connectivity index (χ1v) is 13.0. The summed E-state index contributed by atoms with van der Waals surface area (Å²) in [6.45, 7) is 3.89. The SMILES string of the molecule is CC(=O)NC(C)c1ccnc2c(F)cc(-c3nc(NC4CCN(S(C)(=O)=O)CC4)ncc3F)cc12. The van der Waals surface area contributed by atoms with Gasteiger partial charge in [-0.25, -0.2) is 31.5 Å². The topological polar surface area (TPSA) is 117 Å². The molecular weight excluding hydrogens is 478 g/mol. The van der Waals surface area contributed by atoms with Crippen molar-refractivity contribution in [3.05, 3.63) is 47.8 Å². The molecule has 1 aliphatic heterocycles. The number of nitrogens with zero attached hydrogens (tertiary/aromatic N) is 4. The normalized spacial score (nSPS) is 16.3. The maximum absolute atomic E-state index is 15.0. The average Bonchev–Trinajstić information content (AvgIpc) is 2.79. The number of piperidine rings is 1. The minimum atomic E-state index is -3.25. The van der Waals surface area contributed by atoms with E-state index in [1.54, 1.807) is 19.1 Å². The molecule has 0 aliphatic carbocycles. The van der Waals surface area contributed by atoms with E-state index >= 15 is 0 Å². The van der Waals surface area contributed by atoms with E-state index in [-0.39, 0.29) is 34.7 Å². The molecule has 186 valence electrons. The number of carbonyl (C=O) groups is 1. The molecule has 1 fully saturated rings. The van der Waals surface area contributed by atoms with E-state index in [0.29, 0.717) is 36.9 Å². The van der Waals surface area contributed by atoms with Crippen molar-refractivity contribution in [2.45, 2.75) is 38.8 Å². The van der Waals surface area contributed by atoms with Crippen LogP contribution in [0.15, 0.2) is 30.6 Å². The van der Waals surface area contributed by atoms with Crippen LogP contribution in [0.3, 0.4) is 0 Å². The average molecular weight is 505 g/mol. The third kappa shape index (κ3) is 5.54. The van der Waals surface area contributed by atoms with Crippen LogP contribution in [0, 0.1) is 11.6 Å². The van der Waals surface area contributed by atoms with Crippen LogP contribution >= 0.6 is 0 Å². The van der Waals surface area contributed by atoms with Crippen LogP contribution in [-0.2, 0) is 14.8 Å². The molecule has 1 amide bonds. The van der Waals surface area contributed by atoms with E-state index in [2.05, 4.69) is 25.6 Å². The Kier molecular flexibility index (Phi) is 6.95. The third-order valence-corrected chi connectivity index (χ3v) is 7.30. The van der Waals surface area contributed by atoms with Gasteiger partial charge >= 0.3 is 0 Å². The van der Waals surface area contributed by atoms with Crippen LogP contribution in [-0.4, -0.2) is 59.0 Å². The number of rotatable bonds is 6. The van der Waals surface area contributed by atoms with E-state index < -0.39 is 27.7 Å². The molecule has 0 saturated carbocycles. The van der Waals surface area contributed by atoms with Crippen LogP contribution in [0.1, 0.15) is 38.3 Å². The Morgan fingerprint density at radius 1 is 1.17 bits per heavy atom. The molecule has 1 atom stereocenters. The van der Waals surface area contributed by atoms with Gasteiger partial charge in [-0.3, -0.25) is 9.78 Å². The standard InChI is InChI=1S/C23H26F2N6O3S/c1-13(28-14(2)32)17-4-7-26-22-18(17)10-15(11-19(22)24)21-20(25)12-27-23(30-21)29-16-5-8-31(9-6-16)35(3,33)34/h4,7,10-13,16H,5-6,8-9H2,1-3H3,(H,28,32)(H,27,29,30). The molecule has 1 aliphatic rings. The Bertz CT molecular complexity index is 1380. The summed E-state index contributed by atoms with van der Waals surface area (Å²) in [5, 5.41) is 6.33. The smallest absolute Gasteiger partial charge is 0.223 e. The molecule has 1 saturated heterocycles. The van der Waals surface area contributed by atoms with Crippen LogP contribution in [0.4, 0.5) is 14.7 Å². The minimum absolute atomic E-state index is 0.0844. The molecule has 3 aromatic rings. The predicted molar refractivity (Wildman–Crippen MR) is 128 cm³/mol. The number of anilines is 1. The first kappa shape index (κ1) is 24.9. The second-order valence-corrected chi connectivity index (χ2v) is 10.6. The maximum atomic E-state index is 15.0.